The van der Waals surface area contributed by atoms with Crippen LogP contribution in [0.15, 0.2) is 42.6 Å². The Balaban J connectivity index is 1.48. The molecule has 36 heavy (non-hydrogen) atoms. The zero-order chi connectivity index (χ0) is 25.6. The van der Waals surface area contributed by atoms with Gasteiger partial charge in [0.1, 0.15) is 28.6 Å². The van der Waals surface area contributed by atoms with E-state index in [4.69, 9.17) is 33.0 Å². The molecule has 0 unspecified atom stereocenters. The molecular formula is C26H26Cl2N6O2. The summed E-state index contributed by atoms with van der Waals surface area (Å²) in [6, 6.07) is 11.5. The molecule has 0 bridgehead atoms. The number of hydrogen-bond acceptors (Lipinski definition) is 5. The Labute approximate surface area is 219 Å². The lowest BCUT2D eigenvalue weighted by molar-refractivity contribution is -0.119. The van der Waals surface area contributed by atoms with Crippen molar-refractivity contribution in [1.82, 2.24) is 24.5 Å². The van der Waals surface area contributed by atoms with Crippen molar-refractivity contribution >= 4 is 34.9 Å². The third kappa shape index (κ3) is 4.35. The maximum Gasteiger partial charge on any atom is 0.230 e. The molecule has 0 radical (unpaired) electrons. The first kappa shape index (κ1) is 24.3. The molecule has 1 aliphatic rings. The van der Waals surface area contributed by atoms with E-state index < -0.39 is 0 Å². The van der Waals surface area contributed by atoms with E-state index >= 15 is 0 Å². The van der Waals surface area contributed by atoms with Crippen LogP contribution >= 0.6 is 23.2 Å². The van der Waals surface area contributed by atoms with Crippen molar-refractivity contribution in [3.8, 4) is 28.4 Å². The van der Waals surface area contributed by atoms with Crippen LogP contribution in [0, 0.1) is 6.92 Å². The molecule has 10 heteroatoms. The summed E-state index contributed by atoms with van der Waals surface area (Å²) < 4.78 is 9.17. The number of halogens is 2. The molecule has 0 N–H and O–H groups in total. The van der Waals surface area contributed by atoms with Gasteiger partial charge in [-0.15, -0.1) is 0 Å². The van der Waals surface area contributed by atoms with Gasteiger partial charge in [-0.1, -0.05) is 35.3 Å². The number of rotatable bonds is 6. The molecule has 0 saturated heterocycles. The molecule has 5 rings (SSSR count). The third-order valence-corrected chi connectivity index (χ3v) is 6.79. The Morgan fingerprint density at radius 3 is 2.64 bits per heavy atom. The number of ether oxygens (including phenoxy) is 1. The molecule has 0 saturated carbocycles. The fraction of sp³-hybridized carbons (Fsp3) is 0.308. The molecule has 0 fully saturated rings. The van der Waals surface area contributed by atoms with Crippen molar-refractivity contribution in [3.63, 3.8) is 0 Å². The number of amides is 1. The second-order valence-electron chi connectivity index (χ2n) is 9.04. The Bertz CT molecular complexity index is 1460. The number of aromatic nitrogens is 5. The Morgan fingerprint density at radius 2 is 1.92 bits per heavy atom. The van der Waals surface area contributed by atoms with Crippen LogP contribution in [0.2, 0.25) is 10.0 Å². The number of benzene rings is 1. The Morgan fingerprint density at radius 1 is 1.11 bits per heavy atom. The van der Waals surface area contributed by atoms with Gasteiger partial charge >= 0.3 is 0 Å². The van der Waals surface area contributed by atoms with E-state index in [9.17, 15) is 4.79 Å². The minimum Gasteiger partial charge on any atom is -0.494 e. The highest BCUT2D eigenvalue weighted by Crippen LogP contribution is 2.36. The van der Waals surface area contributed by atoms with Crippen LogP contribution in [0.1, 0.15) is 37.6 Å². The summed E-state index contributed by atoms with van der Waals surface area (Å²) in [6.45, 7) is 6.86. The summed E-state index contributed by atoms with van der Waals surface area (Å²) in [5, 5.41) is 10.2. The van der Waals surface area contributed by atoms with E-state index in [0.29, 0.717) is 46.7 Å². The second-order valence-corrected chi connectivity index (χ2v) is 9.85. The van der Waals surface area contributed by atoms with Crippen LogP contribution in [0.5, 0.6) is 5.75 Å². The van der Waals surface area contributed by atoms with Gasteiger partial charge in [-0.25, -0.2) is 9.67 Å². The SMILES string of the molecule is COc1ccc(C)nc1-c1ccc(CN2C(=O)CCn3nc(-c4c(Cl)cnn4C(C)C)cc32)cc1Cl. The van der Waals surface area contributed by atoms with Gasteiger partial charge in [-0.2, -0.15) is 10.2 Å². The smallest absolute Gasteiger partial charge is 0.230 e. The van der Waals surface area contributed by atoms with Gasteiger partial charge in [-0.05, 0) is 44.5 Å². The van der Waals surface area contributed by atoms with Gasteiger partial charge in [-0.3, -0.25) is 14.4 Å². The first-order chi connectivity index (χ1) is 17.3. The second kappa shape index (κ2) is 9.59. The normalized spacial score (nSPS) is 13.4. The number of hydrogen-bond donors (Lipinski definition) is 0. The van der Waals surface area contributed by atoms with Gasteiger partial charge in [0.15, 0.2) is 0 Å². The van der Waals surface area contributed by atoms with Gasteiger partial charge in [0.25, 0.3) is 0 Å². The van der Waals surface area contributed by atoms with E-state index in [1.165, 1.54) is 0 Å². The van der Waals surface area contributed by atoms with Crippen molar-refractivity contribution in [2.45, 2.75) is 46.3 Å². The predicted octanol–water partition coefficient (Wildman–Crippen LogP) is 5.95. The molecule has 1 aliphatic heterocycles. The molecule has 1 amide bonds. The fourth-order valence-electron chi connectivity index (χ4n) is 4.44. The zero-order valence-electron chi connectivity index (χ0n) is 20.5. The minimum atomic E-state index is 0.0274. The summed E-state index contributed by atoms with van der Waals surface area (Å²) in [5.41, 5.74) is 4.65. The van der Waals surface area contributed by atoms with Crippen LogP contribution < -0.4 is 9.64 Å². The molecule has 8 nitrogen and oxygen atoms in total. The third-order valence-electron chi connectivity index (χ3n) is 6.20. The van der Waals surface area contributed by atoms with Gasteiger partial charge in [0, 0.05) is 29.8 Å². The number of fused-ring (bicyclic) bond motifs is 1. The van der Waals surface area contributed by atoms with Crippen molar-refractivity contribution in [2.24, 2.45) is 0 Å². The van der Waals surface area contributed by atoms with Crippen molar-refractivity contribution in [3.05, 3.63) is 63.9 Å². The Hall–Kier alpha value is -3.36. The van der Waals surface area contributed by atoms with Crippen molar-refractivity contribution in [2.75, 3.05) is 12.0 Å². The largest absolute Gasteiger partial charge is 0.494 e. The summed E-state index contributed by atoms with van der Waals surface area (Å²) in [7, 11) is 1.61. The molecule has 1 aromatic carbocycles. The number of carbonyl (C=O) groups excluding carboxylic acids is 1. The van der Waals surface area contributed by atoms with Crippen LogP contribution in [-0.4, -0.2) is 37.6 Å². The first-order valence-corrected chi connectivity index (χ1v) is 12.4. The molecular weight excluding hydrogens is 499 g/mol. The number of pyridine rings is 1. The van der Waals surface area contributed by atoms with Crippen LogP contribution in [0.4, 0.5) is 5.82 Å². The van der Waals surface area contributed by atoms with Crippen molar-refractivity contribution < 1.29 is 9.53 Å². The van der Waals surface area contributed by atoms with Crippen LogP contribution in [-0.2, 0) is 17.9 Å². The molecule has 186 valence electrons. The molecule has 4 aromatic rings. The fourth-order valence-corrected chi connectivity index (χ4v) is 4.96. The zero-order valence-corrected chi connectivity index (χ0v) is 22.0. The molecule has 0 atom stereocenters. The van der Waals surface area contributed by atoms with Gasteiger partial charge < -0.3 is 4.74 Å². The average molecular weight is 525 g/mol. The maximum atomic E-state index is 13.0. The molecule has 0 aliphatic carbocycles. The molecule has 4 heterocycles. The predicted molar refractivity (Wildman–Crippen MR) is 141 cm³/mol. The first-order valence-electron chi connectivity index (χ1n) is 11.7. The summed E-state index contributed by atoms with van der Waals surface area (Å²) in [6.07, 6.45) is 1.99. The lowest BCUT2D eigenvalue weighted by Gasteiger charge is -2.27. The van der Waals surface area contributed by atoms with Gasteiger partial charge in [0.2, 0.25) is 5.91 Å². The highest BCUT2D eigenvalue weighted by atomic mass is 35.5. The highest BCUT2D eigenvalue weighted by Gasteiger charge is 2.28. The van der Waals surface area contributed by atoms with E-state index in [1.54, 1.807) is 18.2 Å². The summed E-state index contributed by atoms with van der Waals surface area (Å²) in [4.78, 5) is 19.3. The van der Waals surface area contributed by atoms with E-state index in [0.717, 1.165) is 28.3 Å². The molecule has 3 aromatic heterocycles. The number of anilines is 1. The lowest BCUT2D eigenvalue weighted by atomic mass is 10.1. The minimum absolute atomic E-state index is 0.0274. The average Bonchev–Trinajstić information content (AvgIpc) is 3.44. The monoisotopic (exact) mass is 524 g/mol. The number of nitrogens with zero attached hydrogens (tertiary/aromatic N) is 6. The van der Waals surface area contributed by atoms with Crippen LogP contribution in [0.3, 0.4) is 0 Å². The van der Waals surface area contributed by atoms with E-state index in [1.807, 2.05) is 66.5 Å². The Kier molecular flexibility index (Phi) is 6.49. The summed E-state index contributed by atoms with van der Waals surface area (Å²) in [5.74, 6) is 1.40. The number of methoxy groups -OCH3 is 1. The quantitative estimate of drug-likeness (QED) is 0.311. The lowest BCUT2D eigenvalue weighted by Crippen LogP contribution is -2.36. The maximum absolute atomic E-state index is 13.0. The summed E-state index contributed by atoms with van der Waals surface area (Å²) >= 11 is 13.1. The van der Waals surface area contributed by atoms with Crippen LogP contribution in [0.25, 0.3) is 22.6 Å². The number of carbonyl (C=O) groups is 1. The van der Waals surface area contributed by atoms with E-state index in [2.05, 4.69) is 10.1 Å². The topological polar surface area (TPSA) is 78.1 Å². The highest BCUT2D eigenvalue weighted by molar-refractivity contribution is 6.33. The number of aryl methyl sites for hydroxylation is 2. The van der Waals surface area contributed by atoms with Gasteiger partial charge in [0.05, 0.1) is 36.4 Å². The van der Waals surface area contributed by atoms with E-state index in [-0.39, 0.29) is 11.9 Å². The van der Waals surface area contributed by atoms with Crippen molar-refractivity contribution in [1.29, 1.82) is 0 Å². The standard InChI is InChI=1S/C26H26Cl2N6O2/c1-15(2)34-26(20(28)13-29-34)21-12-23-32(24(35)9-10-33(23)31-21)14-17-6-7-18(19(27)11-17)25-22(36-4)8-5-16(3)30-25/h5-8,11-13,15H,9-10,14H2,1-4H3. The molecule has 0 spiro atoms.